The average molecular weight is 314 g/mol. The Morgan fingerprint density at radius 1 is 1.22 bits per heavy atom. The highest BCUT2D eigenvalue weighted by molar-refractivity contribution is 5.40. The van der Waals surface area contributed by atoms with E-state index >= 15 is 0 Å². The molecule has 2 atom stereocenters. The summed E-state index contributed by atoms with van der Waals surface area (Å²) in [5, 5.41) is 10.0. The van der Waals surface area contributed by atoms with Gasteiger partial charge in [-0.25, -0.2) is 0 Å². The van der Waals surface area contributed by atoms with Crippen LogP contribution in [0, 0.1) is 12.3 Å². The van der Waals surface area contributed by atoms with Gasteiger partial charge >= 0.3 is 0 Å². The summed E-state index contributed by atoms with van der Waals surface area (Å²) in [5.74, 6) is 3.73. The van der Waals surface area contributed by atoms with Crippen molar-refractivity contribution in [2.75, 3.05) is 6.79 Å². The van der Waals surface area contributed by atoms with E-state index in [2.05, 4.69) is 5.92 Å². The van der Waals surface area contributed by atoms with Crippen LogP contribution in [0.2, 0.25) is 0 Å². The number of hydrogen-bond acceptors (Lipinski definition) is 3. The maximum atomic E-state index is 10.0. The highest BCUT2D eigenvalue weighted by Gasteiger charge is 2.36. The van der Waals surface area contributed by atoms with E-state index in [1.807, 2.05) is 24.3 Å². The molecule has 2 unspecified atom stereocenters. The molecule has 2 saturated carbocycles. The van der Waals surface area contributed by atoms with Gasteiger partial charge in [-0.15, -0.1) is 6.42 Å². The number of benzene rings is 1. The minimum Gasteiger partial charge on any atom is -0.468 e. The van der Waals surface area contributed by atoms with Gasteiger partial charge in [-0.2, -0.15) is 0 Å². The summed E-state index contributed by atoms with van der Waals surface area (Å²) in [6, 6.07) is 7.96. The molecule has 3 heteroatoms. The third-order valence-corrected chi connectivity index (χ3v) is 5.22. The smallest absolute Gasteiger partial charge is 0.189 e. The number of rotatable bonds is 5. The van der Waals surface area contributed by atoms with Crippen molar-refractivity contribution in [1.29, 1.82) is 0 Å². The summed E-state index contributed by atoms with van der Waals surface area (Å²) in [6.07, 6.45) is 14.0. The van der Waals surface area contributed by atoms with Gasteiger partial charge in [-0.05, 0) is 56.2 Å². The van der Waals surface area contributed by atoms with Crippen molar-refractivity contribution in [3.05, 3.63) is 29.8 Å². The fraction of sp³-hybridized carbons (Fsp3) is 0.600. The summed E-state index contributed by atoms with van der Waals surface area (Å²) >= 11 is 0. The zero-order valence-corrected chi connectivity index (χ0v) is 13.7. The van der Waals surface area contributed by atoms with E-state index in [4.69, 9.17) is 15.9 Å². The molecule has 0 aromatic heterocycles. The molecule has 0 heterocycles. The lowest BCUT2D eigenvalue weighted by atomic mass is 9.69. The first-order valence-corrected chi connectivity index (χ1v) is 8.73. The zero-order valence-electron chi connectivity index (χ0n) is 13.7. The maximum absolute atomic E-state index is 10.0. The van der Waals surface area contributed by atoms with Crippen molar-refractivity contribution < 1.29 is 14.6 Å². The van der Waals surface area contributed by atoms with Crippen molar-refractivity contribution in [2.45, 2.75) is 69.0 Å². The first-order valence-electron chi connectivity index (χ1n) is 8.73. The second-order valence-corrected chi connectivity index (χ2v) is 6.84. The molecule has 1 aromatic rings. The van der Waals surface area contributed by atoms with E-state index in [0.29, 0.717) is 19.3 Å². The van der Waals surface area contributed by atoms with Crippen LogP contribution < -0.4 is 4.74 Å². The highest BCUT2D eigenvalue weighted by Crippen LogP contribution is 2.40. The Balaban J connectivity index is 1.65. The molecule has 0 bridgehead atoms. The van der Waals surface area contributed by atoms with Gasteiger partial charge in [-0.1, -0.05) is 30.9 Å². The van der Waals surface area contributed by atoms with Crippen LogP contribution in [0.15, 0.2) is 24.3 Å². The third kappa shape index (κ3) is 3.88. The molecule has 3 nitrogen and oxygen atoms in total. The number of aliphatic hydroxyl groups is 1. The van der Waals surface area contributed by atoms with Crippen LogP contribution in [0.4, 0.5) is 0 Å². The van der Waals surface area contributed by atoms with Gasteiger partial charge in [0, 0.05) is 0 Å². The summed E-state index contributed by atoms with van der Waals surface area (Å²) in [4.78, 5) is 0. The molecular weight excluding hydrogens is 288 g/mol. The molecule has 23 heavy (non-hydrogen) atoms. The lowest BCUT2D eigenvalue weighted by Crippen LogP contribution is -2.34. The molecule has 0 radical (unpaired) electrons. The number of terminal acetylenes is 1. The van der Waals surface area contributed by atoms with Crippen molar-refractivity contribution in [1.82, 2.24) is 0 Å². The molecule has 0 aliphatic heterocycles. The Kier molecular flexibility index (Phi) is 5.25. The topological polar surface area (TPSA) is 38.7 Å². The molecule has 3 rings (SSSR count). The number of aliphatic hydroxyl groups excluding tert-OH is 1. The van der Waals surface area contributed by atoms with E-state index < -0.39 is 0 Å². The van der Waals surface area contributed by atoms with Gasteiger partial charge < -0.3 is 14.6 Å². The lowest BCUT2D eigenvalue weighted by molar-refractivity contribution is -0.0325. The summed E-state index contributed by atoms with van der Waals surface area (Å²) in [5.41, 5.74) is 0.695. The summed E-state index contributed by atoms with van der Waals surface area (Å²) < 4.78 is 11.5. The Hall–Kier alpha value is -1.50. The Bertz CT molecular complexity index is 556. The van der Waals surface area contributed by atoms with Crippen molar-refractivity contribution in [3.63, 3.8) is 0 Å². The largest absolute Gasteiger partial charge is 0.468 e. The van der Waals surface area contributed by atoms with Crippen molar-refractivity contribution in [2.24, 2.45) is 0 Å². The molecule has 2 fully saturated rings. The average Bonchev–Trinajstić information content (AvgIpc) is 3.08. The lowest BCUT2D eigenvalue weighted by Gasteiger charge is -2.35. The van der Waals surface area contributed by atoms with E-state index in [-0.39, 0.29) is 11.5 Å². The Labute approximate surface area is 139 Å². The minimum absolute atomic E-state index is 0.291. The van der Waals surface area contributed by atoms with Gasteiger partial charge in [0.15, 0.2) is 6.79 Å². The van der Waals surface area contributed by atoms with Gasteiger partial charge in [0.2, 0.25) is 0 Å². The minimum atomic E-state index is -0.372. The molecule has 1 N–H and O–H groups in total. The quantitative estimate of drug-likeness (QED) is 0.664. The third-order valence-electron chi connectivity index (χ3n) is 5.22. The molecule has 1 aromatic carbocycles. The SMILES string of the molecule is C#CC1(c2cccc(OCOC3CCCC3)c2)CCCC(O)C1. The normalized spacial score (nSPS) is 28.4. The molecule has 2 aliphatic carbocycles. The van der Waals surface area contributed by atoms with Crippen LogP contribution in [0.5, 0.6) is 5.75 Å². The van der Waals surface area contributed by atoms with E-state index in [1.165, 1.54) is 12.8 Å². The van der Waals surface area contributed by atoms with E-state index in [0.717, 1.165) is 43.4 Å². The fourth-order valence-electron chi connectivity index (χ4n) is 3.86. The zero-order chi connectivity index (χ0) is 16.1. The molecule has 124 valence electrons. The van der Waals surface area contributed by atoms with Crippen LogP contribution in [0.1, 0.15) is 56.9 Å². The summed E-state index contributed by atoms with van der Waals surface area (Å²) in [7, 11) is 0. The first-order chi connectivity index (χ1) is 11.2. The molecule has 2 aliphatic rings. The molecule has 0 spiro atoms. The Morgan fingerprint density at radius 2 is 2.04 bits per heavy atom. The van der Waals surface area contributed by atoms with Gasteiger partial charge in [0.1, 0.15) is 5.75 Å². The van der Waals surface area contributed by atoms with Crippen LogP contribution in [-0.4, -0.2) is 24.1 Å². The van der Waals surface area contributed by atoms with Crippen LogP contribution in [-0.2, 0) is 10.2 Å². The number of ether oxygens (including phenoxy) is 2. The molecule has 0 saturated heterocycles. The van der Waals surface area contributed by atoms with Crippen LogP contribution in [0.25, 0.3) is 0 Å². The molecule has 0 amide bonds. The predicted molar refractivity (Wildman–Crippen MR) is 90.3 cm³/mol. The van der Waals surface area contributed by atoms with E-state index in [1.54, 1.807) is 0 Å². The first kappa shape index (κ1) is 16.4. The van der Waals surface area contributed by atoms with Gasteiger partial charge in [0.25, 0.3) is 0 Å². The fourth-order valence-corrected chi connectivity index (χ4v) is 3.86. The Morgan fingerprint density at radius 3 is 2.78 bits per heavy atom. The monoisotopic (exact) mass is 314 g/mol. The predicted octanol–water partition coefficient (Wildman–Crippen LogP) is 3.79. The second-order valence-electron chi connectivity index (χ2n) is 6.84. The van der Waals surface area contributed by atoms with Crippen LogP contribution in [0.3, 0.4) is 0 Å². The van der Waals surface area contributed by atoms with Crippen molar-refractivity contribution >= 4 is 0 Å². The van der Waals surface area contributed by atoms with E-state index in [9.17, 15) is 5.11 Å². The van der Waals surface area contributed by atoms with Gasteiger partial charge in [0.05, 0.1) is 17.6 Å². The molecular formula is C20H26O3. The van der Waals surface area contributed by atoms with Crippen molar-refractivity contribution in [3.8, 4) is 18.1 Å². The second kappa shape index (κ2) is 7.38. The highest BCUT2D eigenvalue weighted by atomic mass is 16.7. The standard InChI is InChI=1S/C20H26O3/c1-2-20(12-6-8-17(21)14-20)16-7-5-11-19(13-16)23-15-22-18-9-3-4-10-18/h1,5,7,11,13,17-18,21H,3-4,6,8-10,12,14-15H2. The van der Waals surface area contributed by atoms with Gasteiger partial charge in [-0.3, -0.25) is 0 Å². The number of hydrogen-bond donors (Lipinski definition) is 1. The maximum Gasteiger partial charge on any atom is 0.189 e. The van der Waals surface area contributed by atoms with Crippen LogP contribution >= 0.6 is 0 Å². The summed E-state index contributed by atoms with van der Waals surface area (Å²) in [6.45, 7) is 0.291.